The molecular formula is C34H42BrN5O14. The zero-order valence-corrected chi connectivity index (χ0v) is 32.4. The molecular weight excluding hydrogens is 782 g/mol. The molecule has 1 aromatic carbocycles. The molecule has 0 fully saturated rings. The van der Waals surface area contributed by atoms with Crippen LogP contribution in [-0.4, -0.2) is 112 Å². The Morgan fingerprint density at radius 3 is 1.56 bits per heavy atom. The molecule has 0 radical (unpaired) electrons. The number of amides is 1. The van der Waals surface area contributed by atoms with E-state index in [1.54, 1.807) is 12.1 Å². The second-order valence-corrected chi connectivity index (χ2v) is 12.5. The summed E-state index contributed by atoms with van der Waals surface area (Å²) in [5.74, 6) is -7.60. The average molecular weight is 825 g/mol. The van der Waals surface area contributed by atoms with Crippen molar-refractivity contribution in [3.05, 3.63) is 29.0 Å². The number of fused-ring (bicyclic) bond motifs is 1. The van der Waals surface area contributed by atoms with Gasteiger partial charge < -0.3 is 38.9 Å². The van der Waals surface area contributed by atoms with Crippen LogP contribution < -0.4 is 5.73 Å². The highest BCUT2D eigenvalue weighted by atomic mass is 79.9. The Kier molecular flexibility index (Phi) is 17.1. The van der Waals surface area contributed by atoms with Crippen molar-refractivity contribution >= 4 is 86.1 Å². The molecule has 1 aromatic heterocycles. The van der Waals surface area contributed by atoms with Gasteiger partial charge in [-0.05, 0) is 82.9 Å². The van der Waals surface area contributed by atoms with Gasteiger partial charge in [0.1, 0.15) is 11.3 Å². The summed E-state index contributed by atoms with van der Waals surface area (Å²) in [7, 11) is 0. The molecule has 0 saturated carbocycles. The zero-order chi connectivity index (χ0) is 40.9. The number of hydrogen-bond donors (Lipinski definition) is 1. The predicted molar refractivity (Wildman–Crippen MR) is 189 cm³/mol. The molecule has 6 unspecified atom stereocenters. The number of esters is 6. The quantitative estimate of drug-likeness (QED) is 0.104. The summed E-state index contributed by atoms with van der Waals surface area (Å²) in [6, 6.07) is 3.26. The molecule has 1 heterocycles. The number of carbonyl (C=O) groups excluding carboxylic acids is 8. The predicted octanol–water partition coefficient (Wildman–Crippen LogP) is 2.15. The van der Waals surface area contributed by atoms with Crippen LogP contribution in [0.2, 0.25) is 0 Å². The van der Waals surface area contributed by atoms with E-state index >= 15 is 0 Å². The molecule has 0 aliphatic carbocycles. The van der Waals surface area contributed by atoms with E-state index in [2.05, 4.69) is 35.6 Å². The first kappa shape index (κ1) is 44.6. The monoisotopic (exact) mass is 823 g/mol. The molecule has 0 saturated heterocycles. The molecule has 2 rings (SSSR count). The molecule has 19 nitrogen and oxygen atoms in total. The Hall–Kier alpha value is -5.53. The van der Waals surface area contributed by atoms with E-state index in [1.165, 1.54) is 33.2 Å². The van der Waals surface area contributed by atoms with Crippen LogP contribution in [0.25, 0.3) is 11.0 Å². The number of benzene rings is 1. The standard InChI is InChI=1S/C34H42BrN5O14/c1-16(41)10-9-15-40(34(36)39-24-11-12-25-27(26(24)35)38-14-13-37-25)28(43)17(2)50-30(45)19(4)52-32(47)21(6)54-33(48)22(7)53-31(46)20(5)51-29(44)18(3)49-23(8)42/h11-14,17-22H,9-10,15H2,1-8H3,(H2,36,39). The Morgan fingerprint density at radius 1 is 0.685 bits per heavy atom. The number of guanidine groups is 1. The van der Waals surface area contributed by atoms with Crippen LogP contribution >= 0.6 is 15.9 Å². The summed E-state index contributed by atoms with van der Waals surface area (Å²) < 4.78 is 30.2. The molecule has 0 aliphatic rings. The fourth-order valence-corrected chi connectivity index (χ4v) is 4.72. The van der Waals surface area contributed by atoms with Crippen LogP contribution in [0.1, 0.15) is 68.2 Å². The van der Waals surface area contributed by atoms with Crippen LogP contribution in [0.4, 0.5) is 5.69 Å². The minimum Gasteiger partial charge on any atom is -0.451 e. The van der Waals surface area contributed by atoms with Crippen molar-refractivity contribution in [1.29, 1.82) is 0 Å². The fourth-order valence-electron chi connectivity index (χ4n) is 4.20. The average Bonchev–Trinajstić information content (AvgIpc) is 3.10. The lowest BCUT2D eigenvalue weighted by Crippen LogP contribution is -2.48. The number of nitrogens with two attached hydrogens (primary N) is 1. The minimum atomic E-state index is -1.60. The normalized spacial score (nSPS) is 14.6. The van der Waals surface area contributed by atoms with Gasteiger partial charge in [-0.15, -0.1) is 0 Å². The summed E-state index contributed by atoms with van der Waals surface area (Å²) in [6.45, 7) is 9.47. The lowest BCUT2D eigenvalue weighted by molar-refractivity contribution is -0.187. The van der Waals surface area contributed by atoms with E-state index < -0.39 is 78.3 Å². The zero-order valence-electron chi connectivity index (χ0n) is 30.9. The van der Waals surface area contributed by atoms with Gasteiger partial charge in [0, 0.05) is 32.3 Å². The summed E-state index contributed by atoms with van der Waals surface area (Å²) in [4.78, 5) is 112. The van der Waals surface area contributed by atoms with Crippen molar-refractivity contribution < 1.29 is 66.8 Å². The Bertz CT molecular complexity index is 1790. The van der Waals surface area contributed by atoms with Gasteiger partial charge in [0.25, 0.3) is 5.91 Å². The second kappa shape index (κ2) is 20.6. The van der Waals surface area contributed by atoms with E-state index in [0.717, 1.165) is 39.5 Å². The third-order valence-corrected chi connectivity index (χ3v) is 7.84. The highest BCUT2D eigenvalue weighted by molar-refractivity contribution is 9.10. The maximum atomic E-state index is 13.5. The highest BCUT2D eigenvalue weighted by Crippen LogP contribution is 2.31. The Balaban J connectivity index is 2.01. The van der Waals surface area contributed by atoms with E-state index in [9.17, 15) is 38.4 Å². The maximum absolute atomic E-state index is 13.5. The van der Waals surface area contributed by atoms with Crippen LogP contribution in [0.3, 0.4) is 0 Å². The largest absolute Gasteiger partial charge is 0.451 e. The van der Waals surface area contributed by atoms with Crippen molar-refractivity contribution in [3.63, 3.8) is 0 Å². The summed E-state index contributed by atoms with van der Waals surface area (Å²) in [5, 5.41) is 0. The first-order valence-corrected chi connectivity index (χ1v) is 17.3. The molecule has 2 aromatic rings. The number of nitrogens with zero attached hydrogens (tertiary/aromatic N) is 4. The number of aliphatic imine (C=N–C) groups is 1. The lowest BCUT2D eigenvalue weighted by atomic mass is 10.2. The molecule has 54 heavy (non-hydrogen) atoms. The van der Waals surface area contributed by atoms with Crippen LogP contribution in [0.5, 0.6) is 0 Å². The van der Waals surface area contributed by atoms with Gasteiger partial charge in [0.2, 0.25) is 5.96 Å². The van der Waals surface area contributed by atoms with Crippen molar-refractivity contribution in [2.75, 3.05) is 6.54 Å². The first-order valence-electron chi connectivity index (χ1n) is 16.5. The summed E-state index contributed by atoms with van der Waals surface area (Å²) in [6.07, 6.45) is -5.64. The Labute approximate surface area is 318 Å². The molecule has 294 valence electrons. The SMILES string of the molecule is CC(=O)CCCN(C(=O)C(C)OC(=O)C(C)OC(=O)C(C)OC(=O)C(C)OC(=O)C(C)OC(=O)C(C)OC(C)=O)/C(N)=N/c1ccc2nccnc2c1Br. The number of aromatic nitrogens is 2. The van der Waals surface area contributed by atoms with Gasteiger partial charge in [0.05, 0.1) is 15.7 Å². The van der Waals surface area contributed by atoms with Gasteiger partial charge >= 0.3 is 35.8 Å². The molecule has 20 heteroatoms. The lowest BCUT2D eigenvalue weighted by Gasteiger charge is -2.25. The molecule has 0 bridgehead atoms. The molecule has 2 N–H and O–H groups in total. The molecule has 1 amide bonds. The molecule has 6 atom stereocenters. The van der Waals surface area contributed by atoms with Gasteiger partial charge in [-0.3, -0.25) is 24.5 Å². The van der Waals surface area contributed by atoms with E-state index in [0.29, 0.717) is 21.2 Å². The minimum absolute atomic E-state index is 0.0544. The van der Waals surface area contributed by atoms with Gasteiger partial charge in [0.15, 0.2) is 36.6 Å². The number of ether oxygens (including phenoxy) is 6. The fraction of sp³-hybridized carbons (Fsp3) is 0.500. The van der Waals surface area contributed by atoms with Crippen molar-refractivity contribution in [2.24, 2.45) is 10.7 Å². The Morgan fingerprint density at radius 2 is 1.11 bits per heavy atom. The second-order valence-electron chi connectivity index (χ2n) is 11.7. The van der Waals surface area contributed by atoms with Crippen molar-refractivity contribution in [1.82, 2.24) is 14.9 Å². The number of carbonyl (C=O) groups is 8. The third kappa shape index (κ3) is 13.5. The van der Waals surface area contributed by atoms with Crippen molar-refractivity contribution in [3.8, 4) is 0 Å². The first-order chi connectivity index (χ1) is 25.2. The van der Waals surface area contributed by atoms with E-state index in [4.69, 9.17) is 29.4 Å². The number of rotatable bonds is 17. The van der Waals surface area contributed by atoms with Gasteiger partial charge in [-0.25, -0.2) is 29.0 Å². The van der Waals surface area contributed by atoms with E-state index in [1.807, 2.05) is 0 Å². The van der Waals surface area contributed by atoms with Gasteiger partial charge in [-0.2, -0.15) is 0 Å². The number of ketones is 1. The molecule has 0 aliphatic heterocycles. The molecule has 0 spiro atoms. The topological polar surface area (TPSA) is 259 Å². The van der Waals surface area contributed by atoms with Crippen LogP contribution in [0.15, 0.2) is 34.0 Å². The maximum Gasteiger partial charge on any atom is 0.347 e. The van der Waals surface area contributed by atoms with Crippen LogP contribution in [-0.2, 0) is 66.8 Å². The van der Waals surface area contributed by atoms with E-state index in [-0.39, 0.29) is 31.1 Å². The summed E-state index contributed by atoms with van der Waals surface area (Å²) in [5.41, 5.74) is 7.65. The number of Topliss-reactive ketones (excluding diaryl/α,β-unsaturated/α-hetero) is 1. The van der Waals surface area contributed by atoms with Gasteiger partial charge in [-0.1, -0.05) is 0 Å². The third-order valence-electron chi connectivity index (χ3n) is 7.06. The number of hydrogen-bond acceptors (Lipinski definition) is 17. The smallest absolute Gasteiger partial charge is 0.347 e. The highest BCUT2D eigenvalue weighted by Gasteiger charge is 2.33. The summed E-state index contributed by atoms with van der Waals surface area (Å²) >= 11 is 3.43. The number of halogens is 1. The van der Waals surface area contributed by atoms with Crippen LogP contribution in [0, 0.1) is 0 Å². The van der Waals surface area contributed by atoms with Crippen molar-refractivity contribution in [2.45, 2.75) is 105 Å².